The summed E-state index contributed by atoms with van der Waals surface area (Å²) in [4.78, 5) is 53.2. The first-order valence-corrected chi connectivity index (χ1v) is 15.7. The van der Waals surface area contributed by atoms with Crippen molar-refractivity contribution < 1.29 is 47.6 Å². The van der Waals surface area contributed by atoms with Crippen LogP contribution >= 0.6 is 0 Å². The van der Waals surface area contributed by atoms with Gasteiger partial charge in [-0.2, -0.15) is 0 Å². The Bertz CT molecular complexity index is 1630. The number of hydrogen-bond donors (Lipinski definition) is 0. The summed E-state index contributed by atoms with van der Waals surface area (Å²) in [5, 5.41) is 0. The van der Waals surface area contributed by atoms with Crippen molar-refractivity contribution in [3.8, 4) is 0 Å². The third kappa shape index (κ3) is 8.93. The summed E-state index contributed by atoms with van der Waals surface area (Å²) < 4.78 is 36.0. The molecule has 4 aromatic carbocycles. The first-order valence-electron chi connectivity index (χ1n) is 15.7. The average molecular weight is 653 g/mol. The Morgan fingerprint density at radius 2 is 0.958 bits per heavy atom. The van der Waals surface area contributed by atoms with Crippen molar-refractivity contribution in [1.82, 2.24) is 0 Å². The van der Waals surface area contributed by atoms with E-state index in [0.29, 0.717) is 12.0 Å². The number of carbonyl (C=O) groups excluding carboxylic acids is 4. The molecule has 0 radical (unpaired) electrons. The molecule has 1 fully saturated rings. The smallest absolute Gasteiger partial charge is 0.340 e. The van der Waals surface area contributed by atoms with Crippen LogP contribution in [0.15, 0.2) is 121 Å². The lowest BCUT2D eigenvalue weighted by atomic mass is 9.97. The second-order valence-electron chi connectivity index (χ2n) is 10.9. The van der Waals surface area contributed by atoms with Crippen molar-refractivity contribution in [2.24, 2.45) is 0 Å². The van der Waals surface area contributed by atoms with Crippen LogP contribution in [0.25, 0.3) is 0 Å². The minimum atomic E-state index is -1.54. The summed E-state index contributed by atoms with van der Waals surface area (Å²) in [7, 11) is 0. The van der Waals surface area contributed by atoms with Crippen molar-refractivity contribution in [2.45, 2.75) is 50.5 Å². The molecule has 0 aliphatic carbocycles. The fraction of sp³-hybridized carbons (Fsp3) is 0.263. The number of carbonyl (C=O) groups is 4. The SMILES string of the molecule is CCCCOC1[C@H](OC(=O)c2ccccc2)C(COC(=O)c2ccccc2)OC(OC(=O)c2ccccc2)[C@H]1OC(=O)c1ccccc1. The van der Waals surface area contributed by atoms with Crippen LogP contribution in [0.5, 0.6) is 0 Å². The van der Waals surface area contributed by atoms with E-state index in [1.54, 1.807) is 121 Å². The van der Waals surface area contributed by atoms with E-state index in [1.807, 2.05) is 6.92 Å². The molecule has 0 spiro atoms. The van der Waals surface area contributed by atoms with Gasteiger partial charge in [-0.15, -0.1) is 0 Å². The Balaban J connectivity index is 1.51. The molecule has 1 heterocycles. The molecule has 1 aliphatic heterocycles. The Hall–Kier alpha value is -5.32. The molecule has 0 bridgehead atoms. The highest BCUT2D eigenvalue weighted by molar-refractivity contribution is 5.91. The van der Waals surface area contributed by atoms with Gasteiger partial charge in [-0.25, -0.2) is 19.2 Å². The molecular weight excluding hydrogens is 616 g/mol. The fourth-order valence-electron chi connectivity index (χ4n) is 5.02. The quantitative estimate of drug-likeness (QED) is 0.0956. The largest absolute Gasteiger partial charge is 0.459 e. The van der Waals surface area contributed by atoms with Gasteiger partial charge in [0, 0.05) is 6.61 Å². The Morgan fingerprint density at radius 3 is 1.42 bits per heavy atom. The zero-order valence-corrected chi connectivity index (χ0v) is 26.3. The zero-order chi connectivity index (χ0) is 33.7. The molecule has 5 atom stereocenters. The monoisotopic (exact) mass is 652 g/mol. The van der Waals surface area contributed by atoms with Gasteiger partial charge < -0.3 is 28.4 Å². The van der Waals surface area contributed by atoms with Gasteiger partial charge in [-0.1, -0.05) is 86.1 Å². The highest BCUT2D eigenvalue weighted by atomic mass is 16.7. The molecule has 48 heavy (non-hydrogen) atoms. The lowest BCUT2D eigenvalue weighted by molar-refractivity contribution is -0.291. The van der Waals surface area contributed by atoms with Crippen LogP contribution in [0.3, 0.4) is 0 Å². The van der Waals surface area contributed by atoms with E-state index in [-0.39, 0.29) is 23.3 Å². The van der Waals surface area contributed by atoms with E-state index in [1.165, 1.54) is 0 Å². The maximum atomic E-state index is 13.5. The van der Waals surface area contributed by atoms with Gasteiger partial charge >= 0.3 is 23.9 Å². The van der Waals surface area contributed by atoms with Crippen LogP contribution in [0.2, 0.25) is 0 Å². The fourth-order valence-corrected chi connectivity index (χ4v) is 5.02. The topological polar surface area (TPSA) is 124 Å². The molecule has 0 saturated carbocycles. The Morgan fingerprint density at radius 1 is 0.542 bits per heavy atom. The number of ether oxygens (including phenoxy) is 6. The first kappa shape index (κ1) is 34.0. The molecular formula is C38H36O10. The highest BCUT2D eigenvalue weighted by Crippen LogP contribution is 2.32. The second kappa shape index (κ2) is 17.0. The van der Waals surface area contributed by atoms with E-state index < -0.39 is 61.2 Å². The Kier molecular flexibility index (Phi) is 12.1. The van der Waals surface area contributed by atoms with Gasteiger partial charge in [0.2, 0.25) is 6.29 Å². The lowest BCUT2D eigenvalue weighted by Gasteiger charge is -2.44. The standard InChI is InChI=1S/C38H36O10/c1-2-3-24-43-32-31(46-35(40)27-18-10-5-11-19-27)30(25-44-34(39)26-16-8-4-9-17-26)45-38(48-37(42)29-22-14-7-15-23-29)33(32)47-36(41)28-20-12-6-13-21-28/h4-23,30-33,38H,2-3,24-25H2,1H3/t30?,31-,32?,33+,38?/m1/s1. The second-order valence-corrected chi connectivity index (χ2v) is 10.9. The molecule has 0 amide bonds. The number of hydrogen-bond acceptors (Lipinski definition) is 10. The van der Waals surface area contributed by atoms with Gasteiger partial charge in [0.25, 0.3) is 0 Å². The van der Waals surface area contributed by atoms with Crippen LogP contribution in [-0.4, -0.2) is 67.8 Å². The molecule has 10 nitrogen and oxygen atoms in total. The highest BCUT2D eigenvalue weighted by Gasteiger charge is 2.53. The van der Waals surface area contributed by atoms with E-state index in [9.17, 15) is 19.2 Å². The molecule has 1 aliphatic rings. The predicted octanol–water partition coefficient (Wildman–Crippen LogP) is 6.06. The predicted molar refractivity (Wildman–Crippen MR) is 173 cm³/mol. The number of unbranched alkanes of at least 4 members (excludes halogenated alkanes) is 1. The summed E-state index contributed by atoms with van der Waals surface area (Å²) in [6.07, 6.45) is -5.19. The maximum Gasteiger partial charge on any atom is 0.340 e. The number of esters is 4. The van der Waals surface area contributed by atoms with Gasteiger partial charge in [-0.05, 0) is 55.0 Å². The molecule has 4 aromatic rings. The van der Waals surface area contributed by atoms with Crippen molar-refractivity contribution >= 4 is 23.9 Å². The van der Waals surface area contributed by atoms with E-state index in [2.05, 4.69) is 0 Å². The van der Waals surface area contributed by atoms with Crippen LogP contribution in [-0.2, 0) is 28.4 Å². The first-order chi connectivity index (χ1) is 23.4. The van der Waals surface area contributed by atoms with E-state index in [4.69, 9.17) is 28.4 Å². The van der Waals surface area contributed by atoms with Gasteiger partial charge in [-0.3, -0.25) is 0 Å². The van der Waals surface area contributed by atoms with E-state index in [0.717, 1.165) is 6.42 Å². The normalized spacial score (nSPS) is 20.2. The van der Waals surface area contributed by atoms with E-state index >= 15 is 0 Å². The number of benzene rings is 4. The number of rotatable bonds is 13. The lowest BCUT2D eigenvalue weighted by Crippen LogP contribution is -2.63. The molecule has 0 aromatic heterocycles. The summed E-state index contributed by atoms with van der Waals surface area (Å²) >= 11 is 0. The van der Waals surface area contributed by atoms with Gasteiger partial charge in [0.05, 0.1) is 22.3 Å². The third-order valence-electron chi connectivity index (χ3n) is 7.53. The van der Waals surface area contributed by atoms with Gasteiger partial charge in [0.15, 0.2) is 12.2 Å². The molecule has 3 unspecified atom stereocenters. The maximum absolute atomic E-state index is 13.5. The average Bonchev–Trinajstić information content (AvgIpc) is 3.14. The Labute approximate surface area is 278 Å². The summed E-state index contributed by atoms with van der Waals surface area (Å²) in [5.41, 5.74) is 1.00. The molecule has 248 valence electrons. The third-order valence-corrected chi connectivity index (χ3v) is 7.53. The molecule has 10 heteroatoms. The minimum Gasteiger partial charge on any atom is -0.459 e. The zero-order valence-electron chi connectivity index (χ0n) is 26.3. The molecule has 5 rings (SSSR count). The van der Waals surface area contributed by atoms with Gasteiger partial charge in [0.1, 0.15) is 18.8 Å². The van der Waals surface area contributed by atoms with Crippen LogP contribution in [0.1, 0.15) is 61.2 Å². The van der Waals surface area contributed by atoms with Crippen LogP contribution in [0.4, 0.5) is 0 Å². The van der Waals surface area contributed by atoms with Crippen molar-refractivity contribution in [3.63, 3.8) is 0 Å². The van der Waals surface area contributed by atoms with Crippen molar-refractivity contribution in [1.29, 1.82) is 0 Å². The molecule has 0 N–H and O–H groups in total. The molecule has 1 saturated heterocycles. The van der Waals surface area contributed by atoms with Crippen molar-refractivity contribution in [3.05, 3.63) is 144 Å². The van der Waals surface area contributed by atoms with Crippen LogP contribution in [0, 0.1) is 0 Å². The summed E-state index contributed by atoms with van der Waals surface area (Å²) in [6.45, 7) is 1.76. The minimum absolute atomic E-state index is 0.190. The summed E-state index contributed by atoms with van der Waals surface area (Å²) in [5.74, 6) is -2.85. The summed E-state index contributed by atoms with van der Waals surface area (Å²) in [6, 6.07) is 33.1. The van der Waals surface area contributed by atoms with Crippen LogP contribution < -0.4 is 0 Å². The van der Waals surface area contributed by atoms with Crippen molar-refractivity contribution in [2.75, 3.05) is 13.2 Å².